The summed E-state index contributed by atoms with van der Waals surface area (Å²) >= 11 is 12.1. The second-order valence-electron chi connectivity index (χ2n) is 8.24. The third-order valence-electron chi connectivity index (χ3n) is 6.10. The van der Waals surface area contributed by atoms with Crippen molar-refractivity contribution in [1.29, 1.82) is 0 Å². The zero-order valence-electron chi connectivity index (χ0n) is 18.4. The van der Waals surface area contributed by atoms with Crippen molar-refractivity contribution >= 4 is 35.1 Å². The summed E-state index contributed by atoms with van der Waals surface area (Å²) in [6.07, 6.45) is -3.10. The number of amides is 1. The molecular weight excluding hydrogens is 510 g/mol. The van der Waals surface area contributed by atoms with Crippen molar-refractivity contribution in [3.63, 3.8) is 0 Å². The minimum atomic E-state index is -5.00. The average Bonchev–Trinajstić information content (AvgIpc) is 3.40. The number of carboxylic acids is 1. The van der Waals surface area contributed by atoms with Crippen LogP contribution in [-0.4, -0.2) is 33.0 Å². The molecule has 1 saturated heterocycles. The van der Waals surface area contributed by atoms with E-state index in [-0.39, 0.29) is 26.7 Å². The highest BCUT2D eigenvalue weighted by Gasteiger charge is 2.74. The van der Waals surface area contributed by atoms with Gasteiger partial charge in [-0.3, -0.25) is 0 Å². The van der Waals surface area contributed by atoms with E-state index in [1.165, 1.54) is 49.6 Å². The number of carbonyl (C=O) groups is 2. The van der Waals surface area contributed by atoms with Crippen molar-refractivity contribution in [2.24, 2.45) is 0 Å². The van der Waals surface area contributed by atoms with E-state index in [9.17, 15) is 27.9 Å². The molecule has 7 nitrogen and oxygen atoms in total. The predicted octanol–water partition coefficient (Wildman–Crippen LogP) is 5.72. The van der Waals surface area contributed by atoms with Crippen molar-refractivity contribution < 1.29 is 32.7 Å². The van der Waals surface area contributed by atoms with Crippen molar-refractivity contribution in [3.05, 3.63) is 87.2 Å². The zero-order chi connectivity index (χ0) is 25.8. The molecule has 1 amide bonds. The first kappa shape index (κ1) is 25.2. The Hall–Kier alpha value is -2.92. The van der Waals surface area contributed by atoms with E-state index < -0.39 is 40.9 Å². The number of aromatic carboxylic acids is 1. The average molecular weight is 529 g/mol. The fourth-order valence-corrected chi connectivity index (χ4v) is 5.05. The van der Waals surface area contributed by atoms with Crippen LogP contribution in [-0.2, 0) is 15.2 Å². The second kappa shape index (κ2) is 8.63. The number of aryl methyl sites for hydroxylation is 1. The molecule has 35 heavy (non-hydrogen) atoms. The number of carboxylic acid groups (broad SMARTS) is 1. The molecule has 1 fully saturated rings. The van der Waals surface area contributed by atoms with Crippen molar-refractivity contribution in [2.75, 3.05) is 0 Å². The Morgan fingerprint density at radius 1 is 1.20 bits per heavy atom. The largest absolute Gasteiger partial charge is 0.478 e. The highest BCUT2D eigenvalue weighted by Crippen LogP contribution is 2.57. The molecule has 0 radical (unpaired) electrons. The van der Waals surface area contributed by atoms with Gasteiger partial charge in [0.15, 0.2) is 6.04 Å². The maximum atomic E-state index is 14.9. The third-order valence-corrected chi connectivity index (χ3v) is 6.53. The van der Waals surface area contributed by atoms with Crippen molar-refractivity contribution in [1.82, 2.24) is 14.6 Å². The number of rotatable bonds is 4. The molecule has 3 atom stereocenters. The maximum absolute atomic E-state index is 14.9. The molecule has 2 heterocycles. The van der Waals surface area contributed by atoms with Crippen molar-refractivity contribution in [3.8, 4) is 0 Å². The lowest BCUT2D eigenvalue weighted by molar-refractivity contribution is -0.340. The lowest BCUT2D eigenvalue weighted by Gasteiger charge is -2.34. The number of alkyl halides is 3. The third kappa shape index (κ3) is 4.00. The van der Waals surface area contributed by atoms with Gasteiger partial charge in [0.1, 0.15) is 0 Å². The summed E-state index contributed by atoms with van der Waals surface area (Å²) in [4.78, 5) is 31.5. The van der Waals surface area contributed by atoms with Crippen LogP contribution in [0.3, 0.4) is 0 Å². The molecule has 4 rings (SSSR count). The SMILES string of the molecule is CC(=O)[N+]1(n2cccn2)OC(c2cc(Cl)cc(Cl)c2)(C(F)(F)F)CC1c1ccc(C(=O)O)c(C)c1. The molecule has 184 valence electrons. The Bertz CT molecular complexity index is 1300. The molecule has 0 saturated carbocycles. The molecule has 3 unspecified atom stereocenters. The standard InChI is InChI=1S/C23H18Cl2F3N3O4/c1-13-8-15(4-5-19(13)21(33)34)20-12-22(23(26,27)28,16-9-17(24)11-18(25)10-16)35-31(20,14(2)32)30-7-3-6-29-30/h3-11,20H,12H2,1-2H3/p+1. The van der Waals surface area contributed by atoms with Gasteiger partial charge in [0, 0.05) is 25.9 Å². The number of halogens is 5. The maximum Gasteiger partial charge on any atom is 0.428 e. The summed E-state index contributed by atoms with van der Waals surface area (Å²) in [5.41, 5.74) is -2.82. The molecule has 1 aliphatic heterocycles. The summed E-state index contributed by atoms with van der Waals surface area (Å²) in [5, 5.41) is 13.3. The minimum Gasteiger partial charge on any atom is -0.478 e. The Balaban J connectivity index is 2.03. The molecule has 12 heteroatoms. The minimum absolute atomic E-state index is 0.0172. The molecule has 1 N–H and O–H groups in total. The van der Waals surface area contributed by atoms with Gasteiger partial charge >= 0.3 is 18.1 Å². The molecule has 1 aliphatic rings. The number of hydrogen-bond donors (Lipinski definition) is 1. The summed E-state index contributed by atoms with van der Waals surface area (Å²) in [7, 11) is 0. The Morgan fingerprint density at radius 2 is 1.86 bits per heavy atom. The smallest absolute Gasteiger partial charge is 0.428 e. The lowest BCUT2D eigenvalue weighted by Crippen LogP contribution is -2.62. The predicted molar refractivity (Wildman–Crippen MR) is 121 cm³/mol. The van der Waals surface area contributed by atoms with E-state index in [0.29, 0.717) is 5.56 Å². The van der Waals surface area contributed by atoms with E-state index in [1.807, 2.05) is 0 Å². The van der Waals surface area contributed by atoms with Gasteiger partial charge in [-0.1, -0.05) is 34.1 Å². The topological polar surface area (TPSA) is 81.4 Å². The first-order chi connectivity index (χ1) is 16.3. The van der Waals surface area contributed by atoms with Gasteiger partial charge < -0.3 is 5.11 Å². The van der Waals surface area contributed by atoms with Crippen LogP contribution in [0.25, 0.3) is 0 Å². The number of carbonyl (C=O) groups excluding carboxylic acids is 1. The van der Waals surface area contributed by atoms with Gasteiger partial charge in [-0.05, 0) is 48.9 Å². The number of aromatic nitrogens is 2. The van der Waals surface area contributed by atoms with Gasteiger partial charge in [-0.2, -0.15) is 13.2 Å². The van der Waals surface area contributed by atoms with Gasteiger partial charge in [0.25, 0.3) is 5.60 Å². The van der Waals surface area contributed by atoms with Crippen LogP contribution in [0.15, 0.2) is 54.9 Å². The molecule has 0 aliphatic carbocycles. The van der Waals surface area contributed by atoms with E-state index >= 15 is 0 Å². The lowest BCUT2D eigenvalue weighted by atomic mass is 9.85. The van der Waals surface area contributed by atoms with Crippen LogP contribution in [0.5, 0.6) is 0 Å². The Kier molecular flexibility index (Phi) is 6.21. The first-order valence-electron chi connectivity index (χ1n) is 10.3. The number of hydrogen-bond acceptors (Lipinski definition) is 4. The highest BCUT2D eigenvalue weighted by atomic mass is 35.5. The molecule has 0 bridgehead atoms. The number of hydroxylamine groups is 2. The van der Waals surface area contributed by atoms with E-state index in [0.717, 1.165) is 23.8 Å². The quantitative estimate of drug-likeness (QED) is 0.438. The number of quaternary nitrogens is 1. The summed E-state index contributed by atoms with van der Waals surface area (Å²) in [6, 6.07) is 7.78. The molecule has 2 aromatic carbocycles. The van der Waals surface area contributed by atoms with Crippen LogP contribution in [0.1, 0.15) is 46.4 Å². The summed E-state index contributed by atoms with van der Waals surface area (Å²) in [5.74, 6) is -1.97. The Morgan fingerprint density at radius 3 is 2.34 bits per heavy atom. The fourth-order valence-electron chi connectivity index (χ4n) is 4.53. The van der Waals surface area contributed by atoms with E-state index in [2.05, 4.69) is 5.10 Å². The van der Waals surface area contributed by atoms with Crippen LogP contribution in [0, 0.1) is 6.92 Å². The molecule has 3 aromatic rings. The van der Waals surface area contributed by atoms with Crippen LogP contribution in [0.2, 0.25) is 10.0 Å². The van der Waals surface area contributed by atoms with Crippen molar-refractivity contribution in [2.45, 2.75) is 38.1 Å². The summed E-state index contributed by atoms with van der Waals surface area (Å²) in [6.45, 7) is 2.62. The van der Waals surface area contributed by atoms with Gasteiger partial charge in [-0.25, -0.2) is 9.59 Å². The number of nitrogens with zero attached hydrogens (tertiary/aromatic N) is 3. The zero-order valence-corrected chi connectivity index (χ0v) is 19.9. The summed E-state index contributed by atoms with van der Waals surface area (Å²) < 4.78 is 43.5. The van der Waals surface area contributed by atoms with Gasteiger partial charge in [0.05, 0.1) is 31.3 Å². The number of benzene rings is 2. The van der Waals surface area contributed by atoms with E-state index in [1.54, 1.807) is 0 Å². The monoisotopic (exact) mass is 528 g/mol. The van der Waals surface area contributed by atoms with Gasteiger partial charge in [0.2, 0.25) is 0 Å². The van der Waals surface area contributed by atoms with Crippen LogP contribution >= 0.6 is 23.2 Å². The van der Waals surface area contributed by atoms with Crippen LogP contribution in [0.4, 0.5) is 13.2 Å². The first-order valence-corrected chi connectivity index (χ1v) is 11.1. The molecular formula is C23H19Cl2F3N3O4+. The van der Waals surface area contributed by atoms with Gasteiger partial charge in [-0.15, -0.1) is 9.94 Å². The van der Waals surface area contributed by atoms with E-state index in [4.69, 9.17) is 28.0 Å². The molecule has 1 aromatic heterocycles. The molecule has 0 spiro atoms. The Labute approximate surface area is 207 Å². The highest BCUT2D eigenvalue weighted by molar-refractivity contribution is 6.34. The normalized spacial score (nSPS) is 24.5. The fraction of sp³-hybridized carbons (Fsp3) is 0.261. The second-order valence-corrected chi connectivity index (χ2v) is 9.11. The van der Waals surface area contributed by atoms with Crippen LogP contribution < -0.4 is 4.76 Å².